The van der Waals surface area contributed by atoms with Crippen molar-refractivity contribution in [2.45, 2.75) is 25.9 Å². The smallest absolute Gasteiger partial charge is 0.142 e. The topological polar surface area (TPSA) is 58.7 Å². The second-order valence-electron chi connectivity index (χ2n) is 5.51. The Morgan fingerprint density at radius 1 is 1.47 bits per heavy atom. The van der Waals surface area contributed by atoms with Crippen molar-refractivity contribution in [3.8, 4) is 5.75 Å². The van der Waals surface area contributed by atoms with Gasteiger partial charge in [0.2, 0.25) is 0 Å². The molecule has 1 aliphatic rings. The molecule has 3 N–H and O–H groups in total. The number of nitrogens with zero attached hydrogens (tertiary/aromatic N) is 1. The van der Waals surface area contributed by atoms with Crippen molar-refractivity contribution in [3.05, 3.63) is 24.3 Å². The summed E-state index contributed by atoms with van der Waals surface area (Å²) < 4.78 is 5.57. The van der Waals surface area contributed by atoms with Gasteiger partial charge in [-0.05, 0) is 37.4 Å². The molecule has 2 unspecified atom stereocenters. The third-order valence-corrected chi connectivity index (χ3v) is 3.56. The first-order valence-electron chi connectivity index (χ1n) is 7.03. The van der Waals surface area contributed by atoms with Crippen LogP contribution >= 0.6 is 0 Å². The van der Waals surface area contributed by atoms with E-state index in [4.69, 9.17) is 10.5 Å². The van der Waals surface area contributed by atoms with Gasteiger partial charge in [-0.1, -0.05) is 19.1 Å². The number of benzene rings is 1. The number of ether oxygens (including phenoxy) is 1. The van der Waals surface area contributed by atoms with Gasteiger partial charge in [-0.25, -0.2) is 0 Å². The minimum Gasteiger partial charge on any atom is -0.489 e. The number of anilines is 1. The summed E-state index contributed by atoms with van der Waals surface area (Å²) in [6.07, 6.45) is 2.05. The lowest BCUT2D eigenvalue weighted by atomic mass is 10.0. The van der Waals surface area contributed by atoms with E-state index in [0.29, 0.717) is 24.6 Å². The zero-order valence-corrected chi connectivity index (χ0v) is 11.6. The molecular formula is C15H24N2O2. The fourth-order valence-electron chi connectivity index (χ4n) is 2.60. The molecule has 2 atom stereocenters. The highest BCUT2D eigenvalue weighted by atomic mass is 16.5. The van der Waals surface area contributed by atoms with Crippen molar-refractivity contribution in [2.24, 2.45) is 5.92 Å². The Kier molecular flexibility index (Phi) is 5.05. The van der Waals surface area contributed by atoms with Crippen molar-refractivity contribution < 1.29 is 9.84 Å². The van der Waals surface area contributed by atoms with Crippen LogP contribution in [0.25, 0.3) is 0 Å². The highest BCUT2D eigenvalue weighted by Gasteiger charge is 2.19. The summed E-state index contributed by atoms with van der Waals surface area (Å²) in [5, 5.41) is 10.0. The normalized spacial score (nSPS) is 22.1. The van der Waals surface area contributed by atoms with Crippen LogP contribution in [0.4, 0.5) is 5.69 Å². The number of nitrogen functional groups attached to an aromatic ring is 1. The monoisotopic (exact) mass is 264 g/mol. The standard InChI is InChI=1S/C15H24N2O2/c1-12-5-4-8-17(9-12)10-13(18)11-19-15-7-3-2-6-14(15)16/h2-3,6-7,12-13,18H,4-5,8-11,16H2,1H3. The quantitative estimate of drug-likeness (QED) is 0.795. The van der Waals surface area contributed by atoms with Gasteiger partial charge in [0.15, 0.2) is 0 Å². The number of rotatable bonds is 5. The lowest BCUT2D eigenvalue weighted by molar-refractivity contribution is 0.0539. The molecule has 0 aromatic heterocycles. The van der Waals surface area contributed by atoms with Crippen molar-refractivity contribution in [1.29, 1.82) is 0 Å². The molecule has 4 heteroatoms. The summed E-state index contributed by atoms with van der Waals surface area (Å²) in [7, 11) is 0. The molecule has 19 heavy (non-hydrogen) atoms. The largest absolute Gasteiger partial charge is 0.489 e. The number of aliphatic hydroxyl groups is 1. The third-order valence-electron chi connectivity index (χ3n) is 3.56. The first-order chi connectivity index (χ1) is 9.15. The van der Waals surface area contributed by atoms with Crippen molar-refractivity contribution in [1.82, 2.24) is 4.90 Å². The van der Waals surface area contributed by atoms with Crippen LogP contribution in [0.5, 0.6) is 5.75 Å². The number of nitrogens with two attached hydrogens (primary N) is 1. The summed E-state index contributed by atoms with van der Waals surface area (Å²) in [5.74, 6) is 1.38. The van der Waals surface area contributed by atoms with Crippen molar-refractivity contribution in [2.75, 3.05) is 32.0 Å². The summed E-state index contributed by atoms with van der Waals surface area (Å²) in [6.45, 7) is 5.38. The second-order valence-corrected chi connectivity index (χ2v) is 5.51. The molecule has 0 radical (unpaired) electrons. The van der Waals surface area contributed by atoms with Crippen LogP contribution in [-0.2, 0) is 0 Å². The SMILES string of the molecule is CC1CCCN(CC(O)COc2ccccc2N)C1. The Hall–Kier alpha value is -1.26. The summed E-state index contributed by atoms with van der Waals surface area (Å²) >= 11 is 0. The van der Waals surface area contributed by atoms with Gasteiger partial charge in [0.25, 0.3) is 0 Å². The van der Waals surface area contributed by atoms with E-state index in [-0.39, 0.29) is 0 Å². The Morgan fingerprint density at radius 2 is 2.26 bits per heavy atom. The molecule has 1 aromatic rings. The number of likely N-dealkylation sites (tertiary alicyclic amines) is 1. The second kappa shape index (κ2) is 6.78. The van der Waals surface area contributed by atoms with E-state index in [0.717, 1.165) is 19.0 Å². The Balaban J connectivity index is 1.75. The van der Waals surface area contributed by atoms with E-state index in [1.54, 1.807) is 6.07 Å². The Morgan fingerprint density at radius 3 is 3.00 bits per heavy atom. The van der Waals surface area contributed by atoms with Gasteiger partial charge in [0.05, 0.1) is 5.69 Å². The van der Waals surface area contributed by atoms with Gasteiger partial charge >= 0.3 is 0 Å². The average molecular weight is 264 g/mol. The van der Waals surface area contributed by atoms with Gasteiger partial charge in [-0.2, -0.15) is 0 Å². The van der Waals surface area contributed by atoms with E-state index >= 15 is 0 Å². The number of β-amino-alcohol motifs (C(OH)–C–C–N with tert-alkyl or cyclic N) is 1. The van der Waals surface area contributed by atoms with E-state index < -0.39 is 6.10 Å². The summed E-state index contributed by atoms with van der Waals surface area (Å²) in [4.78, 5) is 2.32. The van der Waals surface area contributed by atoms with Gasteiger partial charge in [-0.15, -0.1) is 0 Å². The lowest BCUT2D eigenvalue weighted by Gasteiger charge is -2.32. The predicted molar refractivity (Wildman–Crippen MR) is 77.2 cm³/mol. The third kappa shape index (κ3) is 4.40. The molecule has 0 spiro atoms. The maximum absolute atomic E-state index is 10.0. The Labute approximate surface area is 115 Å². The molecule has 0 amide bonds. The molecule has 0 saturated carbocycles. The fourth-order valence-corrected chi connectivity index (χ4v) is 2.60. The molecule has 106 valence electrons. The molecule has 2 rings (SSSR count). The minimum absolute atomic E-state index is 0.291. The number of aliphatic hydroxyl groups excluding tert-OH is 1. The van der Waals surface area contributed by atoms with Gasteiger partial charge in [0.1, 0.15) is 18.5 Å². The molecule has 1 aliphatic heterocycles. The molecule has 1 heterocycles. The molecule has 0 bridgehead atoms. The molecule has 0 aliphatic carbocycles. The molecule has 1 fully saturated rings. The number of hydrogen-bond acceptors (Lipinski definition) is 4. The van der Waals surface area contributed by atoms with E-state index in [1.165, 1.54) is 12.8 Å². The highest BCUT2D eigenvalue weighted by Crippen LogP contribution is 2.20. The van der Waals surface area contributed by atoms with Gasteiger partial charge < -0.3 is 20.5 Å². The number of hydrogen-bond donors (Lipinski definition) is 2. The van der Waals surface area contributed by atoms with Crippen LogP contribution in [0.1, 0.15) is 19.8 Å². The first-order valence-corrected chi connectivity index (χ1v) is 7.03. The molecule has 4 nitrogen and oxygen atoms in total. The first kappa shape index (κ1) is 14.2. The van der Waals surface area contributed by atoms with Crippen molar-refractivity contribution in [3.63, 3.8) is 0 Å². The van der Waals surface area contributed by atoms with Crippen LogP contribution in [0.2, 0.25) is 0 Å². The van der Waals surface area contributed by atoms with E-state index in [1.807, 2.05) is 18.2 Å². The Bertz CT molecular complexity index is 397. The summed E-state index contributed by atoms with van der Waals surface area (Å²) in [5.41, 5.74) is 6.40. The zero-order valence-electron chi connectivity index (χ0n) is 11.6. The van der Waals surface area contributed by atoms with Gasteiger partial charge in [-0.3, -0.25) is 0 Å². The molecular weight excluding hydrogens is 240 g/mol. The number of para-hydroxylation sites is 2. The highest BCUT2D eigenvalue weighted by molar-refractivity contribution is 5.51. The van der Waals surface area contributed by atoms with Crippen LogP contribution in [-0.4, -0.2) is 42.4 Å². The maximum atomic E-state index is 10.0. The maximum Gasteiger partial charge on any atom is 0.142 e. The number of piperidine rings is 1. The molecule has 1 saturated heterocycles. The average Bonchev–Trinajstić information content (AvgIpc) is 2.38. The van der Waals surface area contributed by atoms with Crippen molar-refractivity contribution >= 4 is 5.69 Å². The van der Waals surface area contributed by atoms with Gasteiger partial charge in [0, 0.05) is 13.1 Å². The minimum atomic E-state index is -0.468. The lowest BCUT2D eigenvalue weighted by Crippen LogP contribution is -2.41. The van der Waals surface area contributed by atoms with E-state index in [9.17, 15) is 5.11 Å². The summed E-state index contributed by atoms with van der Waals surface area (Å²) in [6, 6.07) is 7.37. The zero-order chi connectivity index (χ0) is 13.7. The van der Waals surface area contributed by atoms with Crippen LogP contribution < -0.4 is 10.5 Å². The predicted octanol–water partition coefficient (Wildman–Crippen LogP) is 1.74. The van der Waals surface area contributed by atoms with Crippen LogP contribution in [0.15, 0.2) is 24.3 Å². The van der Waals surface area contributed by atoms with E-state index in [2.05, 4.69) is 11.8 Å². The molecule has 1 aromatic carbocycles. The van der Waals surface area contributed by atoms with Crippen LogP contribution in [0, 0.1) is 5.92 Å². The fraction of sp³-hybridized carbons (Fsp3) is 0.600. The van der Waals surface area contributed by atoms with Crippen LogP contribution in [0.3, 0.4) is 0 Å².